The molecule has 0 amide bonds. The van der Waals surface area contributed by atoms with Gasteiger partial charge in [0.25, 0.3) is 0 Å². The minimum atomic E-state index is 0.0146. The van der Waals surface area contributed by atoms with E-state index in [1.54, 1.807) is 12.4 Å². The topological polar surface area (TPSA) is 122 Å². The van der Waals surface area contributed by atoms with Gasteiger partial charge in [-0.15, -0.1) is 0 Å². The van der Waals surface area contributed by atoms with Gasteiger partial charge in [-0.2, -0.15) is 10.1 Å². The molecule has 10 nitrogen and oxygen atoms in total. The van der Waals surface area contributed by atoms with Crippen molar-refractivity contribution in [3.05, 3.63) is 53.4 Å². The zero-order valence-corrected chi connectivity index (χ0v) is 18.3. The van der Waals surface area contributed by atoms with Gasteiger partial charge in [-0.3, -0.25) is 15.1 Å². The van der Waals surface area contributed by atoms with Crippen molar-refractivity contribution >= 4 is 17.6 Å². The lowest BCUT2D eigenvalue weighted by molar-refractivity contribution is 0.362. The molecule has 4 aromatic rings. The van der Waals surface area contributed by atoms with Crippen molar-refractivity contribution < 1.29 is 4.52 Å². The van der Waals surface area contributed by atoms with Crippen LogP contribution in [0, 0.1) is 13.8 Å². The first-order valence-corrected chi connectivity index (χ1v) is 10.8. The molecule has 1 aliphatic heterocycles. The number of aryl methyl sites for hydroxylation is 3. The second kappa shape index (κ2) is 8.37. The highest BCUT2D eigenvalue weighted by molar-refractivity contribution is 5.57. The molecule has 0 aliphatic carbocycles. The molecular weight excluding hydrogens is 406 g/mol. The standard InChI is InChI=1S/C22H25N9O/c1-4-15-11-19(26-20-10-13(2)28-29-20)27-22(25-15)31-9-5-6-17(31)18-12-16(30-32-18)21-14(3)23-7-8-24-21/h7-8,10-12,17H,4-6,9H2,1-3H3,(H2,25,26,27,28,29)/t17-/m0/s1. The van der Waals surface area contributed by atoms with E-state index in [0.717, 1.165) is 66.0 Å². The Morgan fingerprint density at radius 2 is 2.00 bits per heavy atom. The van der Waals surface area contributed by atoms with E-state index >= 15 is 0 Å². The minimum absolute atomic E-state index is 0.0146. The van der Waals surface area contributed by atoms with E-state index in [9.17, 15) is 0 Å². The van der Waals surface area contributed by atoms with Crippen molar-refractivity contribution in [3.8, 4) is 11.4 Å². The smallest absolute Gasteiger partial charge is 0.228 e. The molecule has 1 atom stereocenters. The maximum Gasteiger partial charge on any atom is 0.228 e. The number of hydrogen-bond donors (Lipinski definition) is 2. The summed E-state index contributed by atoms with van der Waals surface area (Å²) in [4.78, 5) is 20.5. The number of nitrogens with one attached hydrogen (secondary N) is 2. The normalized spacial score (nSPS) is 16.0. The molecule has 0 unspecified atom stereocenters. The van der Waals surface area contributed by atoms with Crippen LogP contribution in [-0.4, -0.2) is 41.8 Å². The van der Waals surface area contributed by atoms with Gasteiger partial charge in [-0.05, 0) is 33.1 Å². The summed E-state index contributed by atoms with van der Waals surface area (Å²) >= 11 is 0. The van der Waals surface area contributed by atoms with Crippen molar-refractivity contribution in [2.45, 2.75) is 46.1 Å². The van der Waals surface area contributed by atoms with Crippen LogP contribution in [0.2, 0.25) is 0 Å². The van der Waals surface area contributed by atoms with Crippen LogP contribution in [0.3, 0.4) is 0 Å². The highest BCUT2D eigenvalue weighted by atomic mass is 16.5. The third kappa shape index (κ3) is 3.91. The molecule has 1 aliphatic rings. The summed E-state index contributed by atoms with van der Waals surface area (Å²) in [5.41, 5.74) is 4.19. The van der Waals surface area contributed by atoms with E-state index < -0.39 is 0 Å². The third-order valence-corrected chi connectivity index (χ3v) is 5.58. The number of rotatable bonds is 6. The van der Waals surface area contributed by atoms with Gasteiger partial charge in [0.05, 0.1) is 11.7 Å². The molecular formula is C22H25N9O. The summed E-state index contributed by atoms with van der Waals surface area (Å²) in [6.07, 6.45) is 6.10. The molecule has 1 saturated heterocycles. The van der Waals surface area contributed by atoms with Gasteiger partial charge in [-0.25, -0.2) is 4.98 Å². The number of nitrogens with zero attached hydrogens (tertiary/aromatic N) is 7. The Kier molecular flexibility index (Phi) is 5.26. The summed E-state index contributed by atoms with van der Waals surface area (Å²) < 4.78 is 5.75. The first kappa shape index (κ1) is 20.1. The zero-order valence-electron chi connectivity index (χ0n) is 18.3. The van der Waals surface area contributed by atoms with Crippen LogP contribution >= 0.6 is 0 Å². The predicted octanol–water partition coefficient (Wildman–Crippen LogP) is 3.91. The highest BCUT2D eigenvalue weighted by Crippen LogP contribution is 2.36. The average Bonchev–Trinajstić information content (AvgIpc) is 3.54. The highest BCUT2D eigenvalue weighted by Gasteiger charge is 2.32. The van der Waals surface area contributed by atoms with Crippen LogP contribution in [0.1, 0.15) is 48.6 Å². The fourth-order valence-corrected chi connectivity index (χ4v) is 3.99. The Labute approximate surface area is 185 Å². The largest absolute Gasteiger partial charge is 0.358 e. The summed E-state index contributed by atoms with van der Waals surface area (Å²) in [7, 11) is 0. The van der Waals surface area contributed by atoms with Crippen LogP contribution in [0.15, 0.2) is 35.1 Å². The second-order valence-corrected chi connectivity index (χ2v) is 7.92. The molecule has 5 heterocycles. The van der Waals surface area contributed by atoms with Gasteiger partial charge in [0, 0.05) is 48.5 Å². The lowest BCUT2D eigenvalue weighted by atomic mass is 10.1. The summed E-state index contributed by atoms with van der Waals surface area (Å²) in [6.45, 7) is 6.81. The molecule has 1 fully saturated rings. The van der Waals surface area contributed by atoms with Crippen LogP contribution in [-0.2, 0) is 6.42 Å². The Morgan fingerprint density at radius 3 is 2.78 bits per heavy atom. The zero-order chi connectivity index (χ0) is 22.1. The molecule has 164 valence electrons. The van der Waals surface area contributed by atoms with E-state index in [2.05, 4.69) is 42.5 Å². The molecule has 0 aromatic carbocycles. The minimum Gasteiger partial charge on any atom is -0.358 e. The first-order chi connectivity index (χ1) is 15.6. The van der Waals surface area contributed by atoms with Crippen molar-refractivity contribution in [1.29, 1.82) is 0 Å². The summed E-state index contributed by atoms with van der Waals surface area (Å²) in [6, 6.07) is 5.87. The quantitative estimate of drug-likeness (QED) is 0.468. The Bertz CT molecular complexity index is 1230. The molecule has 0 bridgehead atoms. The monoisotopic (exact) mass is 431 g/mol. The van der Waals surface area contributed by atoms with Crippen molar-refractivity contribution in [2.24, 2.45) is 0 Å². The Balaban J connectivity index is 1.44. The van der Waals surface area contributed by atoms with Gasteiger partial charge in [0.1, 0.15) is 17.2 Å². The molecule has 5 rings (SSSR count). The lowest BCUT2D eigenvalue weighted by Gasteiger charge is -2.23. The maximum atomic E-state index is 5.75. The van der Waals surface area contributed by atoms with Crippen molar-refractivity contribution in [3.63, 3.8) is 0 Å². The number of hydrogen-bond acceptors (Lipinski definition) is 9. The Morgan fingerprint density at radius 1 is 1.12 bits per heavy atom. The van der Waals surface area contributed by atoms with E-state index in [4.69, 9.17) is 14.5 Å². The van der Waals surface area contributed by atoms with Gasteiger partial charge in [-0.1, -0.05) is 12.1 Å². The first-order valence-electron chi connectivity index (χ1n) is 10.8. The maximum absolute atomic E-state index is 5.75. The lowest BCUT2D eigenvalue weighted by Crippen LogP contribution is -2.25. The van der Waals surface area contributed by atoms with Crippen molar-refractivity contribution in [1.82, 2.24) is 35.3 Å². The van der Waals surface area contributed by atoms with E-state index in [1.807, 2.05) is 32.0 Å². The molecule has 4 aromatic heterocycles. The number of aromatic amines is 1. The summed E-state index contributed by atoms with van der Waals surface area (Å²) in [5.74, 6) is 2.91. The van der Waals surface area contributed by atoms with E-state index in [-0.39, 0.29) is 6.04 Å². The van der Waals surface area contributed by atoms with Crippen LogP contribution < -0.4 is 10.2 Å². The second-order valence-electron chi connectivity index (χ2n) is 7.92. The fourth-order valence-electron chi connectivity index (χ4n) is 3.99. The van der Waals surface area contributed by atoms with Crippen LogP contribution in [0.25, 0.3) is 11.4 Å². The summed E-state index contributed by atoms with van der Waals surface area (Å²) in [5, 5.41) is 14.7. The SMILES string of the molecule is CCc1cc(Nc2cc(C)[nH]n2)nc(N2CCC[C@H]2c2cc(-c3nccnc3C)no2)n1. The average molecular weight is 432 g/mol. The van der Waals surface area contributed by atoms with Crippen LogP contribution in [0.5, 0.6) is 0 Å². The van der Waals surface area contributed by atoms with E-state index in [0.29, 0.717) is 11.6 Å². The number of H-pyrrole nitrogens is 1. The molecule has 0 radical (unpaired) electrons. The molecule has 10 heteroatoms. The van der Waals surface area contributed by atoms with Gasteiger partial charge in [0.2, 0.25) is 5.95 Å². The van der Waals surface area contributed by atoms with Gasteiger partial charge in [0.15, 0.2) is 11.6 Å². The molecule has 0 spiro atoms. The number of anilines is 3. The van der Waals surface area contributed by atoms with Gasteiger partial charge < -0.3 is 14.7 Å². The fraction of sp³-hybridized carbons (Fsp3) is 0.364. The Hall–Kier alpha value is -3.82. The van der Waals surface area contributed by atoms with Crippen molar-refractivity contribution in [2.75, 3.05) is 16.8 Å². The molecule has 0 saturated carbocycles. The third-order valence-electron chi connectivity index (χ3n) is 5.58. The molecule has 32 heavy (non-hydrogen) atoms. The number of aromatic nitrogens is 7. The van der Waals surface area contributed by atoms with E-state index in [1.165, 1.54) is 0 Å². The van der Waals surface area contributed by atoms with Gasteiger partial charge >= 0.3 is 0 Å². The molecule has 2 N–H and O–H groups in total. The predicted molar refractivity (Wildman–Crippen MR) is 120 cm³/mol. The van der Waals surface area contributed by atoms with Crippen LogP contribution in [0.4, 0.5) is 17.6 Å².